The van der Waals surface area contributed by atoms with Crippen LogP contribution < -0.4 is 4.90 Å². The standard InChI is InChI=1S/C18H22N4O/c1-10-6-5-7-22(10)16-9-14(17-11(2)21-23-12(17)3)8-15-18(16)20-13(4)19-15/h8-10H,5-7H2,1-4H3,(H,19,20). The first kappa shape index (κ1) is 14.3. The molecule has 0 saturated carbocycles. The van der Waals surface area contributed by atoms with Gasteiger partial charge in [-0.1, -0.05) is 5.16 Å². The van der Waals surface area contributed by atoms with E-state index >= 15 is 0 Å². The Labute approximate surface area is 135 Å². The zero-order chi connectivity index (χ0) is 16.1. The number of nitrogens with zero attached hydrogens (tertiary/aromatic N) is 3. The Morgan fingerprint density at radius 3 is 2.74 bits per heavy atom. The van der Waals surface area contributed by atoms with Crippen LogP contribution in [0.15, 0.2) is 16.7 Å². The molecule has 2 aromatic heterocycles. The van der Waals surface area contributed by atoms with Crippen LogP contribution in [0.25, 0.3) is 22.2 Å². The molecule has 1 saturated heterocycles. The Bertz CT molecular complexity index is 857. The van der Waals surface area contributed by atoms with Gasteiger partial charge >= 0.3 is 0 Å². The number of aromatic nitrogens is 3. The highest BCUT2D eigenvalue weighted by atomic mass is 16.5. The summed E-state index contributed by atoms with van der Waals surface area (Å²) in [5, 5.41) is 4.11. The number of benzene rings is 1. The van der Waals surface area contributed by atoms with Crippen LogP contribution in [0.2, 0.25) is 0 Å². The van der Waals surface area contributed by atoms with Crippen molar-refractivity contribution in [3.05, 3.63) is 29.4 Å². The fourth-order valence-corrected chi connectivity index (χ4v) is 3.77. The molecule has 4 rings (SSSR count). The summed E-state index contributed by atoms with van der Waals surface area (Å²) in [6.45, 7) is 9.35. The third-order valence-corrected chi connectivity index (χ3v) is 4.87. The second kappa shape index (κ2) is 5.11. The summed E-state index contributed by atoms with van der Waals surface area (Å²) in [5.41, 5.74) is 6.52. The average Bonchev–Trinajstić information content (AvgIpc) is 3.17. The number of aromatic amines is 1. The lowest BCUT2D eigenvalue weighted by Crippen LogP contribution is -2.26. The van der Waals surface area contributed by atoms with E-state index in [0.717, 1.165) is 46.0 Å². The normalized spacial score (nSPS) is 18.3. The maximum absolute atomic E-state index is 5.36. The van der Waals surface area contributed by atoms with Crippen molar-refractivity contribution in [1.82, 2.24) is 15.1 Å². The fraction of sp³-hybridized carbons (Fsp3) is 0.444. The van der Waals surface area contributed by atoms with Crippen molar-refractivity contribution in [2.24, 2.45) is 0 Å². The Hall–Kier alpha value is -2.30. The highest BCUT2D eigenvalue weighted by Crippen LogP contribution is 2.37. The van der Waals surface area contributed by atoms with Gasteiger partial charge in [-0.3, -0.25) is 0 Å². The fourth-order valence-electron chi connectivity index (χ4n) is 3.77. The Morgan fingerprint density at radius 2 is 2.09 bits per heavy atom. The molecule has 1 N–H and O–H groups in total. The number of rotatable bonds is 2. The summed E-state index contributed by atoms with van der Waals surface area (Å²) in [4.78, 5) is 10.6. The van der Waals surface area contributed by atoms with Gasteiger partial charge < -0.3 is 14.4 Å². The van der Waals surface area contributed by atoms with Crippen LogP contribution in [0.4, 0.5) is 5.69 Å². The molecule has 1 atom stereocenters. The molecule has 5 heteroatoms. The molecule has 0 amide bonds. The van der Waals surface area contributed by atoms with Crippen molar-refractivity contribution >= 4 is 16.7 Å². The van der Waals surface area contributed by atoms with Crippen molar-refractivity contribution < 1.29 is 4.52 Å². The largest absolute Gasteiger partial charge is 0.367 e. The van der Waals surface area contributed by atoms with Gasteiger partial charge in [0.05, 0.1) is 16.9 Å². The molecule has 3 heterocycles. The lowest BCUT2D eigenvalue weighted by Gasteiger charge is -2.24. The minimum absolute atomic E-state index is 0.551. The van der Waals surface area contributed by atoms with Crippen LogP contribution in [0.3, 0.4) is 0 Å². The number of hydrogen-bond acceptors (Lipinski definition) is 4. The molecule has 1 aromatic carbocycles. The molecule has 5 nitrogen and oxygen atoms in total. The SMILES string of the molecule is Cc1nc2c(N3CCCC3C)cc(-c3c(C)noc3C)cc2[nH]1. The number of imidazole rings is 1. The summed E-state index contributed by atoms with van der Waals surface area (Å²) in [6, 6.07) is 4.96. The van der Waals surface area contributed by atoms with E-state index in [1.54, 1.807) is 0 Å². The van der Waals surface area contributed by atoms with E-state index in [9.17, 15) is 0 Å². The molecule has 1 aliphatic heterocycles. The quantitative estimate of drug-likeness (QED) is 0.773. The van der Waals surface area contributed by atoms with E-state index in [1.165, 1.54) is 18.5 Å². The lowest BCUT2D eigenvalue weighted by atomic mass is 10.0. The van der Waals surface area contributed by atoms with Gasteiger partial charge in [0.15, 0.2) is 0 Å². The van der Waals surface area contributed by atoms with Gasteiger partial charge in [0, 0.05) is 18.2 Å². The molecular formula is C18H22N4O. The molecule has 1 fully saturated rings. The molecule has 1 unspecified atom stereocenters. The summed E-state index contributed by atoms with van der Waals surface area (Å²) in [6.07, 6.45) is 2.47. The van der Waals surface area contributed by atoms with E-state index in [4.69, 9.17) is 9.51 Å². The first-order valence-corrected chi connectivity index (χ1v) is 8.25. The molecule has 0 bridgehead atoms. The molecule has 3 aromatic rings. The zero-order valence-corrected chi connectivity index (χ0v) is 14.1. The second-order valence-electron chi connectivity index (χ2n) is 6.60. The molecule has 1 aliphatic rings. The monoisotopic (exact) mass is 310 g/mol. The minimum Gasteiger partial charge on any atom is -0.367 e. The second-order valence-corrected chi connectivity index (χ2v) is 6.60. The molecule has 120 valence electrons. The lowest BCUT2D eigenvalue weighted by molar-refractivity contribution is 0.393. The predicted octanol–water partition coefficient (Wildman–Crippen LogP) is 4.13. The third kappa shape index (κ3) is 2.22. The van der Waals surface area contributed by atoms with Gasteiger partial charge in [-0.2, -0.15) is 0 Å². The average molecular weight is 310 g/mol. The van der Waals surface area contributed by atoms with Crippen LogP contribution in [0.1, 0.15) is 37.0 Å². The predicted molar refractivity (Wildman–Crippen MR) is 91.8 cm³/mol. The number of H-pyrrole nitrogens is 1. The number of aryl methyl sites for hydroxylation is 3. The topological polar surface area (TPSA) is 58.0 Å². The zero-order valence-electron chi connectivity index (χ0n) is 14.1. The van der Waals surface area contributed by atoms with Gasteiger partial charge in [-0.25, -0.2) is 4.98 Å². The summed E-state index contributed by atoms with van der Waals surface area (Å²) in [5.74, 6) is 1.81. The van der Waals surface area contributed by atoms with Crippen molar-refractivity contribution in [2.75, 3.05) is 11.4 Å². The Morgan fingerprint density at radius 1 is 1.26 bits per heavy atom. The van der Waals surface area contributed by atoms with Gasteiger partial charge in [-0.15, -0.1) is 0 Å². The van der Waals surface area contributed by atoms with E-state index in [-0.39, 0.29) is 0 Å². The minimum atomic E-state index is 0.551. The van der Waals surface area contributed by atoms with Crippen LogP contribution in [0, 0.1) is 20.8 Å². The summed E-state index contributed by atoms with van der Waals surface area (Å²) < 4.78 is 5.36. The highest BCUT2D eigenvalue weighted by Gasteiger charge is 2.25. The highest BCUT2D eigenvalue weighted by molar-refractivity contribution is 5.94. The van der Waals surface area contributed by atoms with Gasteiger partial charge in [0.2, 0.25) is 0 Å². The van der Waals surface area contributed by atoms with Crippen molar-refractivity contribution in [2.45, 2.75) is 46.6 Å². The molecule has 0 radical (unpaired) electrons. The van der Waals surface area contributed by atoms with Gasteiger partial charge in [-0.05, 0) is 58.2 Å². The van der Waals surface area contributed by atoms with Crippen molar-refractivity contribution in [3.63, 3.8) is 0 Å². The van der Waals surface area contributed by atoms with Gasteiger partial charge in [0.1, 0.15) is 17.1 Å². The van der Waals surface area contributed by atoms with E-state index in [2.05, 4.69) is 34.1 Å². The summed E-state index contributed by atoms with van der Waals surface area (Å²) >= 11 is 0. The summed E-state index contributed by atoms with van der Waals surface area (Å²) in [7, 11) is 0. The molecular weight excluding hydrogens is 288 g/mol. The maximum atomic E-state index is 5.36. The Kier molecular flexibility index (Phi) is 3.18. The number of anilines is 1. The first-order chi connectivity index (χ1) is 11.0. The van der Waals surface area contributed by atoms with Crippen LogP contribution in [-0.4, -0.2) is 27.7 Å². The van der Waals surface area contributed by atoms with Crippen LogP contribution >= 0.6 is 0 Å². The van der Waals surface area contributed by atoms with E-state index in [1.807, 2.05) is 20.8 Å². The van der Waals surface area contributed by atoms with Gasteiger partial charge in [0.25, 0.3) is 0 Å². The van der Waals surface area contributed by atoms with E-state index in [0.29, 0.717) is 6.04 Å². The smallest absolute Gasteiger partial charge is 0.141 e. The van der Waals surface area contributed by atoms with Crippen LogP contribution in [0.5, 0.6) is 0 Å². The first-order valence-electron chi connectivity index (χ1n) is 8.25. The van der Waals surface area contributed by atoms with E-state index < -0.39 is 0 Å². The number of fused-ring (bicyclic) bond motifs is 1. The van der Waals surface area contributed by atoms with Crippen molar-refractivity contribution in [3.8, 4) is 11.1 Å². The van der Waals surface area contributed by atoms with Crippen LogP contribution in [-0.2, 0) is 0 Å². The Balaban J connectivity index is 1.97. The molecule has 23 heavy (non-hydrogen) atoms. The number of nitrogens with one attached hydrogen (secondary N) is 1. The number of hydrogen-bond donors (Lipinski definition) is 1. The molecule has 0 spiro atoms. The third-order valence-electron chi connectivity index (χ3n) is 4.87. The maximum Gasteiger partial charge on any atom is 0.141 e. The molecule has 0 aliphatic carbocycles. The van der Waals surface area contributed by atoms with Crippen molar-refractivity contribution in [1.29, 1.82) is 0 Å².